The van der Waals surface area contributed by atoms with E-state index >= 15 is 0 Å². The fourth-order valence-electron chi connectivity index (χ4n) is 6.39. The molecule has 0 N–H and O–H groups in total. The molecule has 0 aliphatic heterocycles. The van der Waals surface area contributed by atoms with Crippen LogP contribution in [-0.4, -0.2) is 6.66 Å². The zero-order chi connectivity index (χ0) is 25.5. The van der Waals surface area contributed by atoms with Gasteiger partial charge >= 0.3 is 0 Å². The van der Waals surface area contributed by atoms with Crippen molar-refractivity contribution in [2.75, 3.05) is 6.66 Å². The van der Waals surface area contributed by atoms with Crippen LogP contribution in [0.4, 0.5) is 0 Å². The molecule has 0 atom stereocenters. The van der Waals surface area contributed by atoms with Crippen molar-refractivity contribution in [1.29, 1.82) is 0 Å². The maximum absolute atomic E-state index is 2.53. The molecule has 198 valence electrons. The van der Waals surface area contributed by atoms with Crippen LogP contribution in [0.25, 0.3) is 0 Å². The number of rotatable bonds is 9. The summed E-state index contributed by atoms with van der Waals surface area (Å²) in [5.41, 5.74) is 4.65. The molecule has 0 bridgehead atoms. The van der Waals surface area contributed by atoms with E-state index in [2.05, 4.69) is 123 Å². The summed E-state index contributed by atoms with van der Waals surface area (Å²) in [5, 5.41) is 4.52. The minimum Gasteiger partial charge on any atom is -1.00 e. The molecule has 0 radical (unpaired) electrons. The summed E-state index contributed by atoms with van der Waals surface area (Å²) in [7, 11) is -1.72. The Bertz CT molecular complexity index is 1200. The Morgan fingerprint density at radius 1 is 0.605 bits per heavy atom. The summed E-state index contributed by atoms with van der Waals surface area (Å²) in [4.78, 5) is 0. The third-order valence-electron chi connectivity index (χ3n) is 8.65. The fraction of sp³-hybridized carbons (Fsp3) is 0.333. The molecular formula is C36H42BrP. The van der Waals surface area contributed by atoms with Crippen LogP contribution in [0.2, 0.25) is 0 Å². The maximum Gasteiger partial charge on any atom is 0.109 e. The van der Waals surface area contributed by atoms with Gasteiger partial charge in [-0.2, -0.15) is 0 Å². The van der Waals surface area contributed by atoms with Gasteiger partial charge in [-0.3, -0.25) is 0 Å². The van der Waals surface area contributed by atoms with E-state index < -0.39 is 7.26 Å². The summed E-state index contributed by atoms with van der Waals surface area (Å²) in [6, 6.07) is 41.5. The lowest BCUT2D eigenvalue weighted by Crippen LogP contribution is -3.00. The molecule has 4 aromatic carbocycles. The lowest BCUT2D eigenvalue weighted by Gasteiger charge is -2.32. The first kappa shape index (κ1) is 28.8. The second kappa shape index (κ2) is 13.7. The first-order valence-electron chi connectivity index (χ1n) is 14.4. The molecule has 0 aromatic heterocycles. The van der Waals surface area contributed by atoms with Gasteiger partial charge in [0.1, 0.15) is 23.2 Å². The van der Waals surface area contributed by atoms with E-state index in [1.165, 1.54) is 67.5 Å². The van der Waals surface area contributed by atoms with Crippen molar-refractivity contribution in [3.8, 4) is 0 Å². The van der Waals surface area contributed by atoms with Crippen LogP contribution < -0.4 is 32.9 Å². The molecule has 0 nitrogen and oxygen atoms in total. The smallest absolute Gasteiger partial charge is 0.109 e. The highest BCUT2D eigenvalue weighted by molar-refractivity contribution is 7.95. The van der Waals surface area contributed by atoms with Crippen LogP contribution in [0.5, 0.6) is 0 Å². The summed E-state index contributed by atoms with van der Waals surface area (Å²) < 4.78 is 0. The van der Waals surface area contributed by atoms with E-state index in [1.54, 1.807) is 16.4 Å². The van der Waals surface area contributed by atoms with Gasteiger partial charge in [0.15, 0.2) is 0 Å². The molecule has 38 heavy (non-hydrogen) atoms. The molecule has 1 fully saturated rings. The fourth-order valence-corrected chi connectivity index (χ4v) is 9.94. The third-order valence-corrected chi connectivity index (χ3v) is 12.7. The first-order valence-corrected chi connectivity index (χ1v) is 16.6. The highest BCUT2D eigenvalue weighted by Crippen LogP contribution is 2.54. The SMILES string of the molecule is CCCCCc1ccc(C2CCC(c3ccccc3[P+](C)(c3ccccc3)c3ccccc3)CC2)cc1.[Br-]. The van der Waals surface area contributed by atoms with Crippen molar-refractivity contribution in [1.82, 2.24) is 0 Å². The summed E-state index contributed by atoms with van der Waals surface area (Å²) >= 11 is 0. The molecule has 1 aliphatic rings. The molecule has 1 saturated carbocycles. The van der Waals surface area contributed by atoms with Crippen molar-refractivity contribution < 1.29 is 17.0 Å². The van der Waals surface area contributed by atoms with Crippen LogP contribution in [0.15, 0.2) is 109 Å². The van der Waals surface area contributed by atoms with Crippen molar-refractivity contribution >= 4 is 23.2 Å². The van der Waals surface area contributed by atoms with Gasteiger partial charge in [-0.25, -0.2) is 0 Å². The van der Waals surface area contributed by atoms with Crippen LogP contribution in [0, 0.1) is 0 Å². The first-order chi connectivity index (χ1) is 18.2. The number of hydrogen-bond acceptors (Lipinski definition) is 0. The molecule has 5 rings (SSSR count). The molecule has 0 saturated heterocycles. The van der Waals surface area contributed by atoms with Gasteiger partial charge in [0.2, 0.25) is 0 Å². The number of aryl methyl sites for hydroxylation is 1. The van der Waals surface area contributed by atoms with Gasteiger partial charge in [-0.05, 0) is 97.4 Å². The number of benzene rings is 4. The monoisotopic (exact) mass is 584 g/mol. The van der Waals surface area contributed by atoms with Gasteiger partial charge in [-0.1, -0.05) is 98.6 Å². The second-order valence-corrected chi connectivity index (χ2v) is 14.5. The Hall–Kier alpha value is -2.21. The number of unbranched alkanes of at least 4 members (excludes halogenated alkanes) is 2. The minimum atomic E-state index is -1.72. The largest absolute Gasteiger partial charge is 1.00 e. The standard InChI is InChI=1S/C36H42P.BrH/c1-3-4-7-14-29-21-23-30(24-22-29)31-25-27-32(28-26-31)35-19-12-13-20-36(35)37(2,33-15-8-5-9-16-33)34-17-10-6-11-18-34;/h5-6,8-13,15-24,31-32H,3-4,7,14,25-28H2,1-2H3;1H/q+1;/p-1. The van der Waals surface area contributed by atoms with Crippen molar-refractivity contribution in [3.63, 3.8) is 0 Å². The summed E-state index contributed by atoms with van der Waals surface area (Å²) in [6.45, 7) is 4.81. The average molecular weight is 586 g/mol. The number of halogens is 1. The summed E-state index contributed by atoms with van der Waals surface area (Å²) in [6.07, 6.45) is 10.3. The minimum absolute atomic E-state index is 0. The van der Waals surface area contributed by atoms with Gasteiger partial charge < -0.3 is 17.0 Å². The maximum atomic E-state index is 2.53. The average Bonchev–Trinajstić information content (AvgIpc) is 2.98. The molecule has 0 spiro atoms. The molecule has 0 unspecified atom stereocenters. The predicted octanol–water partition coefficient (Wildman–Crippen LogP) is 5.79. The Kier molecular flexibility index (Phi) is 10.4. The Labute approximate surface area is 242 Å². The van der Waals surface area contributed by atoms with E-state index in [0.29, 0.717) is 11.8 Å². The lowest BCUT2D eigenvalue weighted by atomic mass is 9.76. The zero-order valence-corrected chi connectivity index (χ0v) is 25.5. The molecule has 4 aromatic rings. The van der Waals surface area contributed by atoms with Gasteiger partial charge in [0, 0.05) is 0 Å². The van der Waals surface area contributed by atoms with E-state index in [1.807, 2.05) is 0 Å². The Morgan fingerprint density at radius 2 is 1.13 bits per heavy atom. The van der Waals surface area contributed by atoms with Crippen LogP contribution in [0.3, 0.4) is 0 Å². The highest BCUT2D eigenvalue weighted by atomic mass is 79.9. The number of hydrogen-bond donors (Lipinski definition) is 0. The van der Waals surface area contributed by atoms with Gasteiger partial charge in [0.05, 0.1) is 6.66 Å². The van der Waals surface area contributed by atoms with Gasteiger partial charge in [-0.15, -0.1) is 0 Å². The van der Waals surface area contributed by atoms with E-state index in [-0.39, 0.29) is 17.0 Å². The molecule has 2 heteroatoms. The summed E-state index contributed by atoms with van der Waals surface area (Å²) in [5.74, 6) is 1.35. The van der Waals surface area contributed by atoms with E-state index in [4.69, 9.17) is 0 Å². The highest BCUT2D eigenvalue weighted by Gasteiger charge is 2.43. The van der Waals surface area contributed by atoms with Crippen LogP contribution >= 0.6 is 7.26 Å². The Balaban J connectivity index is 0.00000336. The zero-order valence-electron chi connectivity index (χ0n) is 23.0. The van der Waals surface area contributed by atoms with Crippen molar-refractivity contribution in [2.45, 2.75) is 70.1 Å². The van der Waals surface area contributed by atoms with Crippen molar-refractivity contribution in [3.05, 3.63) is 126 Å². The van der Waals surface area contributed by atoms with Crippen LogP contribution in [-0.2, 0) is 6.42 Å². The van der Waals surface area contributed by atoms with E-state index in [9.17, 15) is 0 Å². The topological polar surface area (TPSA) is 0 Å². The molecule has 0 amide bonds. The Morgan fingerprint density at radius 3 is 1.71 bits per heavy atom. The molecule has 0 heterocycles. The normalized spacial score (nSPS) is 17.5. The van der Waals surface area contributed by atoms with Crippen molar-refractivity contribution in [2.24, 2.45) is 0 Å². The van der Waals surface area contributed by atoms with Crippen LogP contribution in [0.1, 0.15) is 80.4 Å². The van der Waals surface area contributed by atoms with Gasteiger partial charge in [0.25, 0.3) is 0 Å². The molecular weight excluding hydrogens is 543 g/mol. The predicted molar refractivity (Wildman–Crippen MR) is 165 cm³/mol. The second-order valence-electron chi connectivity index (χ2n) is 11.0. The molecule has 1 aliphatic carbocycles. The quantitative estimate of drug-likeness (QED) is 0.172. The van der Waals surface area contributed by atoms with E-state index in [0.717, 1.165) is 0 Å². The lowest BCUT2D eigenvalue weighted by molar-refractivity contribution is -0.00000743. The third kappa shape index (κ3) is 6.32.